The van der Waals surface area contributed by atoms with E-state index in [-0.39, 0.29) is 0 Å². The van der Waals surface area contributed by atoms with Gasteiger partial charge in [0.15, 0.2) is 0 Å². The van der Waals surface area contributed by atoms with Crippen molar-refractivity contribution in [2.24, 2.45) is 5.92 Å². The zero-order valence-corrected chi connectivity index (χ0v) is 11.7. The minimum absolute atomic E-state index is 0.353. The number of nitrogens with zero attached hydrogens (tertiary/aromatic N) is 1. The first kappa shape index (κ1) is 12.7. The van der Waals surface area contributed by atoms with Crippen LogP contribution >= 0.6 is 11.6 Å². The molecule has 2 atom stereocenters. The Labute approximate surface area is 117 Å². The van der Waals surface area contributed by atoms with Gasteiger partial charge in [0, 0.05) is 35.2 Å². The first-order valence-electron chi connectivity index (χ1n) is 6.62. The van der Waals surface area contributed by atoms with Crippen molar-refractivity contribution in [3.05, 3.63) is 35.5 Å². The second-order valence-corrected chi connectivity index (χ2v) is 5.52. The molecule has 0 bridgehead atoms. The highest BCUT2D eigenvalue weighted by Gasteiger charge is 2.22. The van der Waals surface area contributed by atoms with Gasteiger partial charge in [-0.15, -0.1) is 0 Å². The first-order chi connectivity index (χ1) is 9.24. The second kappa shape index (κ2) is 5.35. The molecule has 0 amide bonds. The number of ether oxygens (including phenoxy) is 1. The average Bonchev–Trinajstić information content (AvgIpc) is 2.92. The number of nitrogens with one attached hydrogen (secondary N) is 1. The number of halogens is 1. The molecular formula is C15H17ClN2O. The molecule has 3 nitrogen and oxygen atoms in total. The number of benzene rings is 1. The quantitative estimate of drug-likeness (QED) is 0.928. The van der Waals surface area contributed by atoms with Crippen molar-refractivity contribution in [3.8, 4) is 0 Å². The smallest absolute Gasteiger partial charge is 0.0934 e. The topological polar surface area (TPSA) is 34.2 Å². The third-order valence-electron chi connectivity index (χ3n) is 3.72. The van der Waals surface area contributed by atoms with Crippen LogP contribution in [-0.4, -0.2) is 24.2 Å². The lowest BCUT2D eigenvalue weighted by molar-refractivity contribution is 0.183. The summed E-state index contributed by atoms with van der Waals surface area (Å²) in [6.07, 6.45) is 2.92. The molecule has 19 heavy (non-hydrogen) atoms. The maximum Gasteiger partial charge on any atom is 0.0934 e. The van der Waals surface area contributed by atoms with Gasteiger partial charge < -0.3 is 10.1 Å². The van der Waals surface area contributed by atoms with Crippen LogP contribution < -0.4 is 5.32 Å². The van der Waals surface area contributed by atoms with E-state index in [1.54, 1.807) is 0 Å². The molecule has 0 saturated carbocycles. The molecule has 1 fully saturated rings. The number of aromatic nitrogens is 1. The fourth-order valence-electron chi connectivity index (χ4n) is 2.58. The molecule has 2 heterocycles. The zero-order chi connectivity index (χ0) is 13.2. The standard InChI is InChI=1S/C15H17ClN2O/c1-10(12-4-6-19-9-12)18-14-8-13(16)7-11-3-2-5-17-15(11)14/h2-3,5,7-8,10,12,18H,4,6,9H2,1H3. The fourth-order valence-corrected chi connectivity index (χ4v) is 2.80. The van der Waals surface area contributed by atoms with Crippen molar-refractivity contribution in [2.75, 3.05) is 18.5 Å². The van der Waals surface area contributed by atoms with E-state index in [1.165, 1.54) is 0 Å². The van der Waals surface area contributed by atoms with E-state index in [0.717, 1.165) is 41.2 Å². The third-order valence-corrected chi connectivity index (χ3v) is 3.94. The van der Waals surface area contributed by atoms with Gasteiger partial charge >= 0.3 is 0 Å². The number of hydrogen-bond donors (Lipinski definition) is 1. The number of hydrogen-bond acceptors (Lipinski definition) is 3. The lowest BCUT2D eigenvalue weighted by Crippen LogP contribution is -2.26. The van der Waals surface area contributed by atoms with Crippen molar-refractivity contribution in [1.29, 1.82) is 0 Å². The highest BCUT2D eigenvalue weighted by Crippen LogP contribution is 2.28. The van der Waals surface area contributed by atoms with Crippen LogP contribution in [0.15, 0.2) is 30.5 Å². The van der Waals surface area contributed by atoms with Gasteiger partial charge in [-0.2, -0.15) is 0 Å². The summed E-state index contributed by atoms with van der Waals surface area (Å²) in [6.45, 7) is 3.89. The molecule has 100 valence electrons. The lowest BCUT2D eigenvalue weighted by Gasteiger charge is -2.21. The van der Waals surface area contributed by atoms with E-state index in [0.29, 0.717) is 12.0 Å². The van der Waals surface area contributed by atoms with Crippen LogP contribution in [0.5, 0.6) is 0 Å². The minimum atomic E-state index is 0.353. The summed E-state index contributed by atoms with van der Waals surface area (Å²) in [7, 11) is 0. The Kier molecular flexibility index (Phi) is 3.58. The van der Waals surface area contributed by atoms with Crippen molar-refractivity contribution < 1.29 is 4.74 Å². The Morgan fingerprint density at radius 1 is 1.47 bits per heavy atom. The third kappa shape index (κ3) is 2.67. The van der Waals surface area contributed by atoms with Gasteiger partial charge in [0.05, 0.1) is 17.8 Å². The first-order valence-corrected chi connectivity index (χ1v) is 7.00. The molecule has 0 spiro atoms. The van der Waals surface area contributed by atoms with Crippen LogP contribution in [0.3, 0.4) is 0 Å². The van der Waals surface area contributed by atoms with Gasteiger partial charge in [0.1, 0.15) is 0 Å². The average molecular weight is 277 g/mol. The summed E-state index contributed by atoms with van der Waals surface area (Å²) in [4.78, 5) is 4.45. The number of pyridine rings is 1. The maximum absolute atomic E-state index is 6.17. The minimum Gasteiger partial charge on any atom is -0.381 e. The molecule has 1 saturated heterocycles. The summed E-state index contributed by atoms with van der Waals surface area (Å²) in [5, 5.41) is 5.34. The van der Waals surface area contributed by atoms with Gasteiger partial charge in [0.25, 0.3) is 0 Å². The van der Waals surface area contributed by atoms with Crippen LogP contribution in [0.25, 0.3) is 10.9 Å². The van der Waals surface area contributed by atoms with E-state index in [4.69, 9.17) is 16.3 Å². The van der Waals surface area contributed by atoms with Gasteiger partial charge in [-0.25, -0.2) is 0 Å². The maximum atomic E-state index is 6.17. The Morgan fingerprint density at radius 2 is 2.37 bits per heavy atom. The molecule has 1 aromatic heterocycles. The molecule has 1 aromatic carbocycles. The van der Waals surface area contributed by atoms with Crippen LogP contribution in [0.2, 0.25) is 5.02 Å². The summed E-state index contributed by atoms with van der Waals surface area (Å²) in [5.74, 6) is 0.553. The predicted molar refractivity (Wildman–Crippen MR) is 78.8 cm³/mol. The largest absolute Gasteiger partial charge is 0.381 e. The SMILES string of the molecule is CC(Nc1cc(Cl)cc2cccnc12)C1CCOC1. The molecule has 0 radical (unpaired) electrons. The van der Waals surface area contributed by atoms with Gasteiger partial charge in [0.2, 0.25) is 0 Å². The van der Waals surface area contributed by atoms with Crippen molar-refractivity contribution in [2.45, 2.75) is 19.4 Å². The Bertz CT molecular complexity index is 581. The molecule has 2 aromatic rings. The van der Waals surface area contributed by atoms with E-state index >= 15 is 0 Å². The summed E-state index contributed by atoms with van der Waals surface area (Å²) >= 11 is 6.17. The van der Waals surface area contributed by atoms with Crippen molar-refractivity contribution in [3.63, 3.8) is 0 Å². The molecule has 1 aliphatic rings. The fraction of sp³-hybridized carbons (Fsp3) is 0.400. The van der Waals surface area contributed by atoms with E-state index < -0.39 is 0 Å². The van der Waals surface area contributed by atoms with Gasteiger partial charge in [-0.05, 0) is 31.5 Å². The monoisotopic (exact) mass is 276 g/mol. The molecule has 1 N–H and O–H groups in total. The number of anilines is 1. The molecule has 3 rings (SSSR count). The van der Waals surface area contributed by atoms with Crippen LogP contribution in [0.4, 0.5) is 5.69 Å². The van der Waals surface area contributed by atoms with Crippen LogP contribution in [0, 0.1) is 5.92 Å². The summed E-state index contributed by atoms with van der Waals surface area (Å²) < 4.78 is 5.45. The summed E-state index contributed by atoms with van der Waals surface area (Å²) in [6, 6.07) is 8.20. The van der Waals surface area contributed by atoms with Crippen molar-refractivity contribution >= 4 is 28.2 Å². The lowest BCUT2D eigenvalue weighted by atomic mass is 10.0. The summed E-state index contributed by atoms with van der Waals surface area (Å²) in [5.41, 5.74) is 1.97. The Morgan fingerprint density at radius 3 is 3.16 bits per heavy atom. The second-order valence-electron chi connectivity index (χ2n) is 5.09. The van der Waals surface area contributed by atoms with Gasteiger partial charge in [-0.1, -0.05) is 17.7 Å². The number of fused-ring (bicyclic) bond motifs is 1. The zero-order valence-electron chi connectivity index (χ0n) is 10.9. The van der Waals surface area contributed by atoms with E-state index in [9.17, 15) is 0 Å². The molecule has 4 heteroatoms. The molecule has 0 aliphatic carbocycles. The van der Waals surface area contributed by atoms with Crippen molar-refractivity contribution in [1.82, 2.24) is 4.98 Å². The van der Waals surface area contributed by atoms with Crippen LogP contribution in [-0.2, 0) is 4.74 Å². The molecule has 1 aliphatic heterocycles. The van der Waals surface area contributed by atoms with Crippen LogP contribution in [0.1, 0.15) is 13.3 Å². The highest BCUT2D eigenvalue weighted by atomic mass is 35.5. The molecule has 2 unspecified atom stereocenters. The number of rotatable bonds is 3. The van der Waals surface area contributed by atoms with E-state index in [2.05, 4.69) is 17.2 Å². The normalized spacial score (nSPS) is 20.6. The Hall–Kier alpha value is -1.32. The predicted octanol–water partition coefficient (Wildman–Crippen LogP) is 3.73. The highest BCUT2D eigenvalue weighted by molar-refractivity contribution is 6.31. The Balaban J connectivity index is 1.91. The van der Waals surface area contributed by atoms with E-state index in [1.807, 2.05) is 30.5 Å². The molecular weight excluding hydrogens is 260 g/mol. The van der Waals surface area contributed by atoms with Gasteiger partial charge in [-0.3, -0.25) is 4.98 Å².